The number of anilines is 2. The Hall–Kier alpha value is -3.87. The van der Waals surface area contributed by atoms with E-state index in [1.54, 1.807) is 18.2 Å². The van der Waals surface area contributed by atoms with Crippen LogP contribution in [-0.2, 0) is 9.53 Å². The average molecular weight is 378 g/mol. The van der Waals surface area contributed by atoms with Crippen molar-refractivity contribution in [3.8, 4) is 0 Å². The van der Waals surface area contributed by atoms with Crippen molar-refractivity contribution in [2.24, 2.45) is 0 Å². The number of nitrogens with one attached hydrogen (secondary N) is 1. The lowest BCUT2D eigenvalue weighted by Gasteiger charge is -2.08. The van der Waals surface area contributed by atoms with Gasteiger partial charge in [-0.25, -0.2) is 9.18 Å². The maximum Gasteiger partial charge on any atom is 0.340 e. The number of ether oxygens (including phenoxy) is 1. The molecule has 140 valence electrons. The van der Waals surface area contributed by atoms with E-state index in [1.165, 1.54) is 6.07 Å². The number of para-hydroxylation sites is 1. The summed E-state index contributed by atoms with van der Waals surface area (Å²) in [6, 6.07) is 16.2. The Morgan fingerprint density at radius 1 is 1.00 bits per heavy atom. The van der Waals surface area contributed by atoms with Crippen LogP contribution < -0.4 is 11.1 Å². The summed E-state index contributed by atoms with van der Waals surface area (Å²) in [4.78, 5) is 24.1. The fourth-order valence-corrected chi connectivity index (χ4v) is 2.93. The summed E-state index contributed by atoms with van der Waals surface area (Å²) in [6.45, 7) is -0.500. The number of fused-ring (bicyclic) bond motifs is 3. The van der Waals surface area contributed by atoms with Gasteiger partial charge in [-0.15, -0.1) is 0 Å². The molecule has 0 fully saturated rings. The fourth-order valence-electron chi connectivity index (χ4n) is 2.93. The first-order valence-corrected chi connectivity index (χ1v) is 8.44. The number of furan rings is 1. The molecule has 1 heterocycles. The van der Waals surface area contributed by atoms with E-state index in [0.717, 1.165) is 28.5 Å². The van der Waals surface area contributed by atoms with Gasteiger partial charge in [0, 0.05) is 22.1 Å². The molecule has 28 heavy (non-hydrogen) atoms. The molecule has 1 amide bonds. The van der Waals surface area contributed by atoms with E-state index < -0.39 is 24.3 Å². The highest BCUT2D eigenvalue weighted by atomic mass is 19.1. The van der Waals surface area contributed by atoms with Gasteiger partial charge in [-0.3, -0.25) is 4.79 Å². The molecule has 4 rings (SSSR count). The van der Waals surface area contributed by atoms with Gasteiger partial charge in [-0.05, 0) is 42.5 Å². The first-order chi connectivity index (χ1) is 13.5. The van der Waals surface area contributed by atoms with Crippen LogP contribution in [0.15, 0.2) is 65.1 Å². The number of nitrogen functional groups attached to an aromatic ring is 1. The summed E-state index contributed by atoms with van der Waals surface area (Å²) < 4.78 is 23.7. The minimum Gasteiger partial charge on any atom is -0.456 e. The molecule has 1 aromatic heterocycles. The topological polar surface area (TPSA) is 94.6 Å². The lowest BCUT2D eigenvalue weighted by Crippen LogP contribution is -2.21. The molecule has 0 saturated carbocycles. The second-order valence-corrected chi connectivity index (χ2v) is 6.17. The minimum absolute atomic E-state index is 0.000450. The molecule has 6 nitrogen and oxygen atoms in total. The van der Waals surface area contributed by atoms with E-state index in [1.807, 2.05) is 24.3 Å². The third kappa shape index (κ3) is 3.37. The number of nitrogens with two attached hydrogens (primary N) is 1. The Morgan fingerprint density at radius 2 is 1.79 bits per heavy atom. The van der Waals surface area contributed by atoms with Crippen LogP contribution in [0, 0.1) is 5.82 Å². The smallest absolute Gasteiger partial charge is 0.340 e. The predicted molar refractivity (Wildman–Crippen MR) is 103 cm³/mol. The molecule has 0 radical (unpaired) electrons. The maximum atomic E-state index is 13.0. The Morgan fingerprint density at radius 3 is 2.61 bits per heavy atom. The third-order valence-corrected chi connectivity index (χ3v) is 4.23. The van der Waals surface area contributed by atoms with Gasteiger partial charge in [0.05, 0.1) is 5.56 Å². The Labute approximate surface area is 158 Å². The van der Waals surface area contributed by atoms with E-state index >= 15 is 0 Å². The minimum atomic E-state index is -0.802. The molecule has 0 unspecified atom stereocenters. The molecule has 0 aliphatic rings. The summed E-state index contributed by atoms with van der Waals surface area (Å²) >= 11 is 0. The van der Waals surface area contributed by atoms with Crippen LogP contribution in [0.5, 0.6) is 0 Å². The molecular weight excluding hydrogens is 363 g/mol. The molecule has 3 aromatic carbocycles. The second kappa shape index (κ2) is 7.03. The quantitative estimate of drug-likeness (QED) is 0.412. The van der Waals surface area contributed by atoms with Gasteiger partial charge in [-0.1, -0.05) is 18.2 Å². The lowest BCUT2D eigenvalue weighted by atomic mass is 10.1. The molecule has 0 saturated heterocycles. The van der Waals surface area contributed by atoms with Crippen molar-refractivity contribution >= 4 is 45.2 Å². The van der Waals surface area contributed by atoms with E-state index in [2.05, 4.69) is 5.32 Å². The summed E-state index contributed by atoms with van der Waals surface area (Å²) in [7, 11) is 0. The van der Waals surface area contributed by atoms with Crippen LogP contribution in [-0.4, -0.2) is 18.5 Å². The van der Waals surface area contributed by atoms with E-state index in [9.17, 15) is 14.0 Å². The molecule has 0 bridgehead atoms. The summed E-state index contributed by atoms with van der Waals surface area (Å²) in [5, 5.41) is 4.47. The summed E-state index contributed by atoms with van der Waals surface area (Å²) in [5.74, 6) is -1.88. The highest BCUT2D eigenvalue weighted by molar-refractivity contribution is 6.07. The number of carbonyl (C=O) groups is 2. The van der Waals surface area contributed by atoms with Crippen molar-refractivity contribution in [1.82, 2.24) is 0 Å². The van der Waals surface area contributed by atoms with Crippen molar-refractivity contribution in [2.75, 3.05) is 17.7 Å². The number of benzene rings is 3. The molecule has 4 aromatic rings. The zero-order chi connectivity index (χ0) is 19.7. The molecule has 3 N–H and O–H groups in total. The van der Waals surface area contributed by atoms with Crippen molar-refractivity contribution in [2.45, 2.75) is 0 Å². The van der Waals surface area contributed by atoms with E-state index in [-0.39, 0.29) is 11.3 Å². The third-order valence-electron chi connectivity index (χ3n) is 4.23. The average Bonchev–Trinajstić information content (AvgIpc) is 3.04. The predicted octanol–water partition coefficient (Wildman–Crippen LogP) is 4.10. The number of carbonyl (C=O) groups excluding carboxylic acids is 2. The zero-order valence-corrected chi connectivity index (χ0v) is 14.6. The molecular formula is C21H15FN2O4. The Balaban J connectivity index is 1.44. The number of hydrogen-bond acceptors (Lipinski definition) is 5. The molecule has 0 aliphatic carbocycles. The van der Waals surface area contributed by atoms with Gasteiger partial charge < -0.3 is 20.2 Å². The normalized spacial score (nSPS) is 10.9. The van der Waals surface area contributed by atoms with Gasteiger partial charge in [0.15, 0.2) is 6.61 Å². The Bertz CT molecular complexity index is 1220. The molecule has 7 heteroatoms. The Kier molecular flexibility index (Phi) is 4.41. The van der Waals surface area contributed by atoms with Crippen LogP contribution in [0.1, 0.15) is 10.4 Å². The van der Waals surface area contributed by atoms with Crippen LogP contribution in [0.25, 0.3) is 21.9 Å². The SMILES string of the molecule is Nc1cc(F)ccc1C(=O)OCC(=O)Nc1ccc2oc3ccccc3c2c1. The van der Waals surface area contributed by atoms with Gasteiger partial charge in [0.25, 0.3) is 5.91 Å². The number of rotatable bonds is 4. The highest BCUT2D eigenvalue weighted by Gasteiger charge is 2.14. The van der Waals surface area contributed by atoms with Crippen molar-refractivity contribution < 1.29 is 23.1 Å². The van der Waals surface area contributed by atoms with E-state index in [0.29, 0.717) is 11.3 Å². The summed E-state index contributed by atoms with van der Waals surface area (Å²) in [6.07, 6.45) is 0. The van der Waals surface area contributed by atoms with Crippen molar-refractivity contribution in [3.05, 3.63) is 72.0 Å². The molecule has 0 aliphatic heterocycles. The first-order valence-electron chi connectivity index (χ1n) is 8.44. The van der Waals surface area contributed by atoms with E-state index in [4.69, 9.17) is 14.9 Å². The standard InChI is InChI=1S/C21H15FN2O4/c22-12-5-7-15(17(23)9-12)21(26)27-11-20(25)24-13-6-8-19-16(10-13)14-3-1-2-4-18(14)28-19/h1-10H,11,23H2,(H,24,25). The molecule has 0 atom stereocenters. The van der Waals surface area contributed by atoms with Crippen LogP contribution >= 0.6 is 0 Å². The monoisotopic (exact) mass is 378 g/mol. The highest BCUT2D eigenvalue weighted by Crippen LogP contribution is 2.30. The first kappa shape index (κ1) is 17.5. The van der Waals surface area contributed by atoms with Crippen LogP contribution in [0.3, 0.4) is 0 Å². The van der Waals surface area contributed by atoms with Crippen molar-refractivity contribution in [1.29, 1.82) is 0 Å². The summed E-state index contributed by atoms with van der Waals surface area (Å²) in [5.41, 5.74) is 7.54. The number of esters is 1. The maximum absolute atomic E-state index is 13.0. The fraction of sp³-hybridized carbons (Fsp3) is 0.0476. The lowest BCUT2D eigenvalue weighted by molar-refractivity contribution is -0.119. The van der Waals surface area contributed by atoms with Crippen molar-refractivity contribution in [3.63, 3.8) is 0 Å². The largest absolute Gasteiger partial charge is 0.456 e. The van der Waals surface area contributed by atoms with Crippen LogP contribution in [0.4, 0.5) is 15.8 Å². The zero-order valence-electron chi connectivity index (χ0n) is 14.6. The number of amides is 1. The molecule has 0 spiro atoms. The van der Waals surface area contributed by atoms with Gasteiger partial charge in [0.1, 0.15) is 17.0 Å². The van der Waals surface area contributed by atoms with Gasteiger partial charge in [0.2, 0.25) is 0 Å². The van der Waals surface area contributed by atoms with Gasteiger partial charge >= 0.3 is 5.97 Å². The van der Waals surface area contributed by atoms with Crippen LogP contribution in [0.2, 0.25) is 0 Å². The number of halogens is 1. The van der Waals surface area contributed by atoms with Gasteiger partial charge in [-0.2, -0.15) is 0 Å². The number of hydrogen-bond donors (Lipinski definition) is 2. The second-order valence-electron chi connectivity index (χ2n) is 6.17.